The lowest BCUT2D eigenvalue weighted by atomic mass is 9.76. The predicted molar refractivity (Wildman–Crippen MR) is 271 cm³/mol. The van der Waals surface area contributed by atoms with Crippen LogP contribution in [0.1, 0.15) is 310 Å². The van der Waals surface area contributed by atoms with Crippen LogP contribution in [0.3, 0.4) is 0 Å². The molecule has 6 heteroatoms. The van der Waals surface area contributed by atoms with Gasteiger partial charge in [-0.25, -0.2) is 0 Å². The van der Waals surface area contributed by atoms with E-state index in [0.29, 0.717) is 19.6 Å². The summed E-state index contributed by atoms with van der Waals surface area (Å²) >= 11 is 0. The Hall–Kier alpha value is -0.360. The quantitative estimate of drug-likeness (QED) is 0.0530. The molecule has 0 aromatic heterocycles. The molecule has 0 aliphatic carbocycles. The highest BCUT2D eigenvalue weighted by Gasteiger charge is 2.51. The van der Waals surface area contributed by atoms with E-state index in [-0.39, 0.29) is 17.9 Å². The van der Waals surface area contributed by atoms with Crippen molar-refractivity contribution in [1.29, 1.82) is 0 Å². The SMILES string of the molecule is CCCCCCCCCCCCC(CN)(CCCCCCCCCCCC)N(CCN)C(CCCCCCCCCCCC)(CCCCCCCCCCCC)C(=O)O.Cl. The topological polar surface area (TPSA) is 92.6 Å². The molecule has 0 saturated heterocycles. The maximum absolute atomic E-state index is 14.0. The Labute approximate surface area is 384 Å². The van der Waals surface area contributed by atoms with Gasteiger partial charge in [0.05, 0.1) is 0 Å². The smallest absolute Gasteiger partial charge is 0.324 e. The maximum Gasteiger partial charge on any atom is 0.324 e. The van der Waals surface area contributed by atoms with Gasteiger partial charge in [-0.2, -0.15) is 0 Å². The lowest BCUT2D eigenvalue weighted by Gasteiger charge is -2.53. The van der Waals surface area contributed by atoms with E-state index in [1.54, 1.807) is 0 Å². The lowest BCUT2D eigenvalue weighted by Crippen LogP contribution is -2.67. The molecule has 60 heavy (non-hydrogen) atoms. The zero-order valence-corrected chi connectivity index (χ0v) is 42.4. The highest BCUT2D eigenvalue weighted by Crippen LogP contribution is 2.40. The summed E-state index contributed by atoms with van der Waals surface area (Å²) in [6.45, 7) is 10.8. The van der Waals surface area contributed by atoms with Gasteiger partial charge in [0.15, 0.2) is 0 Å². The minimum Gasteiger partial charge on any atom is -0.480 e. The number of nitrogens with zero attached hydrogens (tertiary/aromatic N) is 1. The Balaban J connectivity index is 0. The molecule has 0 aromatic carbocycles. The van der Waals surface area contributed by atoms with Crippen LogP contribution in [0.2, 0.25) is 0 Å². The van der Waals surface area contributed by atoms with Gasteiger partial charge >= 0.3 is 5.97 Å². The minimum absolute atomic E-state index is 0. The second kappa shape index (κ2) is 46.6. The van der Waals surface area contributed by atoms with Crippen LogP contribution in [0.15, 0.2) is 0 Å². The summed E-state index contributed by atoms with van der Waals surface area (Å²) in [6.07, 6.45) is 55.1. The number of aliphatic carboxylic acids is 1. The highest BCUT2D eigenvalue weighted by atomic mass is 35.5. The first-order valence-electron chi connectivity index (χ1n) is 27.4. The van der Waals surface area contributed by atoms with Gasteiger partial charge in [-0.15, -0.1) is 12.4 Å². The van der Waals surface area contributed by atoms with E-state index in [1.165, 1.54) is 218 Å². The molecule has 0 aliphatic heterocycles. The molecular formula is C54H112ClN3O2. The van der Waals surface area contributed by atoms with E-state index in [1.807, 2.05) is 0 Å². The zero-order chi connectivity index (χ0) is 43.4. The zero-order valence-electron chi connectivity index (χ0n) is 41.6. The van der Waals surface area contributed by atoms with Crippen molar-refractivity contribution in [3.8, 4) is 0 Å². The molecule has 0 saturated carbocycles. The van der Waals surface area contributed by atoms with Gasteiger partial charge in [0, 0.05) is 25.2 Å². The van der Waals surface area contributed by atoms with Gasteiger partial charge in [0.25, 0.3) is 0 Å². The molecule has 0 spiro atoms. The summed E-state index contributed by atoms with van der Waals surface area (Å²) in [7, 11) is 0. The molecule has 5 nitrogen and oxygen atoms in total. The fourth-order valence-electron chi connectivity index (χ4n) is 10.2. The molecule has 0 unspecified atom stereocenters. The summed E-state index contributed by atoms with van der Waals surface area (Å²) in [6, 6.07) is 0. The van der Waals surface area contributed by atoms with Gasteiger partial charge in [0.1, 0.15) is 5.54 Å². The highest BCUT2D eigenvalue weighted by molar-refractivity contribution is 5.85. The summed E-state index contributed by atoms with van der Waals surface area (Å²) in [4.78, 5) is 16.5. The van der Waals surface area contributed by atoms with Crippen LogP contribution >= 0.6 is 12.4 Å². The molecule has 362 valence electrons. The number of rotatable bonds is 50. The van der Waals surface area contributed by atoms with Crippen molar-refractivity contribution in [2.45, 2.75) is 321 Å². The molecule has 5 N–H and O–H groups in total. The summed E-state index contributed by atoms with van der Waals surface area (Å²) in [5, 5.41) is 11.5. The molecule has 0 aromatic rings. The van der Waals surface area contributed by atoms with Crippen LogP contribution in [0.5, 0.6) is 0 Å². The molecule has 0 rings (SSSR count). The van der Waals surface area contributed by atoms with Crippen LogP contribution in [0.25, 0.3) is 0 Å². The average Bonchev–Trinajstić information content (AvgIpc) is 3.24. The fourth-order valence-corrected chi connectivity index (χ4v) is 10.2. The third-order valence-electron chi connectivity index (χ3n) is 14.1. The van der Waals surface area contributed by atoms with Crippen LogP contribution in [0.4, 0.5) is 0 Å². The van der Waals surface area contributed by atoms with Gasteiger partial charge < -0.3 is 16.6 Å². The molecule has 0 aliphatic rings. The van der Waals surface area contributed by atoms with Gasteiger partial charge in [-0.1, -0.05) is 285 Å². The number of hydrogen-bond donors (Lipinski definition) is 3. The average molecular weight is 871 g/mol. The maximum atomic E-state index is 14.0. The van der Waals surface area contributed by atoms with Crippen molar-refractivity contribution in [2.24, 2.45) is 11.5 Å². The van der Waals surface area contributed by atoms with Crippen molar-refractivity contribution < 1.29 is 9.90 Å². The molecule has 0 bridgehead atoms. The Bertz CT molecular complexity index is 809. The number of nitrogens with two attached hydrogens (primary N) is 2. The third kappa shape index (κ3) is 32.3. The first kappa shape index (κ1) is 61.7. The molecule has 0 radical (unpaired) electrons. The first-order valence-corrected chi connectivity index (χ1v) is 27.4. The van der Waals surface area contributed by atoms with E-state index in [9.17, 15) is 9.90 Å². The number of hydrogen-bond acceptors (Lipinski definition) is 4. The molecule has 0 atom stereocenters. The van der Waals surface area contributed by atoms with Crippen molar-refractivity contribution in [1.82, 2.24) is 4.90 Å². The van der Waals surface area contributed by atoms with E-state index >= 15 is 0 Å². The molecule has 0 amide bonds. The van der Waals surface area contributed by atoms with E-state index in [4.69, 9.17) is 11.5 Å². The lowest BCUT2D eigenvalue weighted by molar-refractivity contribution is -0.160. The molecule has 0 fully saturated rings. The van der Waals surface area contributed by atoms with Crippen LogP contribution in [-0.2, 0) is 4.79 Å². The number of unbranched alkanes of at least 4 members (excludes halogenated alkanes) is 36. The summed E-state index contributed by atoms with van der Waals surface area (Å²) in [5.74, 6) is -0.609. The third-order valence-corrected chi connectivity index (χ3v) is 14.1. The fraction of sp³-hybridized carbons (Fsp3) is 0.981. The van der Waals surface area contributed by atoms with Crippen molar-refractivity contribution in [2.75, 3.05) is 19.6 Å². The van der Waals surface area contributed by atoms with Crippen LogP contribution in [0, 0.1) is 0 Å². The number of halogens is 1. The number of carbonyl (C=O) groups is 1. The second-order valence-corrected chi connectivity index (χ2v) is 19.4. The van der Waals surface area contributed by atoms with Gasteiger partial charge in [0.2, 0.25) is 0 Å². The van der Waals surface area contributed by atoms with Gasteiger partial charge in [-0.05, 0) is 25.7 Å². The Morgan fingerprint density at radius 1 is 0.383 bits per heavy atom. The number of carboxylic acids is 1. The van der Waals surface area contributed by atoms with Crippen LogP contribution in [-0.4, -0.2) is 46.7 Å². The minimum atomic E-state index is -0.893. The Morgan fingerprint density at radius 3 is 0.800 bits per heavy atom. The number of carboxylic acid groups (broad SMARTS) is 1. The largest absolute Gasteiger partial charge is 0.480 e. The second-order valence-electron chi connectivity index (χ2n) is 19.4. The van der Waals surface area contributed by atoms with E-state index < -0.39 is 11.5 Å². The normalized spacial score (nSPS) is 12.1. The van der Waals surface area contributed by atoms with Crippen LogP contribution < -0.4 is 11.5 Å². The molecular weight excluding hydrogens is 758 g/mol. The summed E-state index contributed by atoms with van der Waals surface area (Å²) < 4.78 is 0. The first-order chi connectivity index (χ1) is 28.9. The monoisotopic (exact) mass is 870 g/mol. The standard InChI is InChI=1S/C54H111N3O2.ClH/c1-5-9-13-17-21-25-29-33-37-41-45-53(51-56,46-42-38-34-30-26-22-18-14-10-6-2)57(50-49-55)54(52(58)59,47-43-39-35-31-27-23-19-15-11-7-3)48-44-40-36-32-28-24-20-16-12-8-4;/h5-51,55-56H2,1-4H3,(H,58,59);1H. The van der Waals surface area contributed by atoms with Crippen molar-refractivity contribution >= 4 is 18.4 Å². The Kier molecular flexibility index (Phi) is 48.0. The molecule has 0 heterocycles. The predicted octanol–water partition coefficient (Wildman–Crippen LogP) is 17.4. The Morgan fingerprint density at radius 2 is 0.600 bits per heavy atom. The van der Waals surface area contributed by atoms with Crippen molar-refractivity contribution in [3.63, 3.8) is 0 Å². The van der Waals surface area contributed by atoms with Crippen molar-refractivity contribution in [3.05, 3.63) is 0 Å². The van der Waals surface area contributed by atoms with E-state index in [2.05, 4.69) is 32.6 Å². The van der Waals surface area contributed by atoms with Gasteiger partial charge in [-0.3, -0.25) is 9.69 Å². The van der Waals surface area contributed by atoms with E-state index in [0.717, 1.165) is 64.2 Å². The summed E-state index contributed by atoms with van der Waals surface area (Å²) in [5.41, 5.74) is 12.3.